The van der Waals surface area contributed by atoms with Crippen molar-refractivity contribution in [1.82, 2.24) is 0 Å². The molecule has 19 nitrogen and oxygen atoms in total. The van der Waals surface area contributed by atoms with Gasteiger partial charge in [0, 0.05) is 57.3 Å². The minimum Gasteiger partial charge on any atom is -0.459 e. The summed E-state index contributed by atoms with van der Waals surface area (Å²) in [5, 5.41) is 34.7. The molecule has 16 aliphatic heterocycles. The number of esters is 1. The molecule has 16 aliphatic rings. The van der Waals surface area contributed by atoms with Crippen LogP contribution in [-0.2, 0) is 75.8 Å². The molecular formula is C59H84O19. The van der Waals surface area contributed by atoms with E-state index in [0.29, 0.717) is 70.6 Å². The van der Waals surface area contributed by atoms with E-state index in [1.165, 1.54) is 0 Å². The second kappa shape index (κ2) is 19.1. The molecule has 0 aromatic heterocycles. The van der Waals surface area contributed by atoms with E-state index >= 15 is 0 Å². The molecule has 16 saturated heterocycles. The van der Waals surface area contributed by atoms with Crippen molar-refractivity contribution in [3.8, 4) is 0 Å². The first kappa shape index (κ1) is 53.0. The Morgan fingerprint density at radius 3 is 2.08 bits per heavy atom. The van der Waals surface area contributed by atoms with Crippen molar-refractivity contribution in [1.29, 1.82) is 0 Å². The number of aliphatic hydroxyl groups is 3. The molecule has 0 aromatic carbocycles. The molecule has 434 valence electrons. The molecule has 78 heavy (non-hydrogen) atoms. The Morgan fingerprint density at radius 2 is 1.24 bits per heavy atom. The molecule has 12 bridgehead atoms. The zero-order valence-corrected chi connectivity index (χ0v) is 46.0. The fourth-order valence-corrected chi connectivity index (χ4v) is 18.0. The highest BCUT2D eigenvalue weighted by atomic mass is 16.8. The van der Waals surface area contributed by atoms with Crippen molar-refractivity contribution in [2.24, 2.45) is 23.7 Å². The van der Waals surface area contributed by atoms with Crippen molar-refractivity contribution >= 4 is 5.97 Å². The van der Waals surface area contributed by atoms with Crippen LogP contribution in [0.25, 0.3) is 0 Å². The summed E-state index contributed by atoms with van der Waals surface area (Å²) in [6.07, 6.45) is -1.58. The normalized spacial score (nSPS) is 60.0. The lowest BCUT2D eigenvalue weighted by Gasteiger charge is -2.54. The minimum absolute atomic E-state index is 0.0226. The average molecular weight is 1100 g/mol. The second-order valence-corrected chi connectivity index (χ2v) is 27.1. The van der Waals surface area contributed by atoms with Gasteiger partial charge in [-0.05, 0) is 80.3 Å². The highest BCUT2D eigenvalue weighted by Gasteiger charge is 2.79. The number of ether oxygens (including phenoxy) is 15. The standard InChI is InChI=1S/C59H84O19/c1-8-35-34(60)18-42-46(68-35)27(4)21-56(73-42)22-28(5)47-44(74-56)24-57(75-47)23-43-39(72-57)20-41-48(70-43)30(7)49-40(67-41)19-38-29(6)25(2)15-31(65-38)9-11-36-26(3)16-33(64-36)13-14-58-55(62)59(63)54(78-58)53-52(77-59)51(76-58)50-37(69-53)12-10-32(66-50)17-45(61)71-49/h25,27-28,30-44,46-55,60,62-63H,3,6,8-24H2,1-2,4-5,7H3/t25-,27+,28+,30+,31+,32?,33+,34-,35-,36?,37+,38?,39?,40+,41+,42+,43-,44+,46+,47+,48+,49-,50+,51+,52+,53?,54+,55+,56-,57+,58-,59?/m1/s1. The van der Waals surface area contributed by atoms with Crippen LogP contribution >= 0.6 is 0 Å². The van der Waals surface area contributed by atoms with E-state index in [2.05, 4.69) is 47.8 Å². The van der Waals surface area contributed by atoms with Gasteiger partial charge in [0.15, 0.2) is 17.7 Å². The molecule has 3 N–H and O–H groups in total. The number of rotatable bonds is 1. The number of carbonyl (C=O) groups is 1. The summed E-state index contributed by atoms with van der Waals surface area (Å²) in [4.78, 5) is 14.6. The number of hydrogen-bond donors (Lipinski definition) is 3. The summed E-state index contributed by atoms with van der Waals surface area (Å²) in [5.41, 5.74) is 2.02. The maximum Gasteiger partial charge on any atom is 0.308 e. The van der Waals surface area contributed by atoms with Gasteiger partial charge in [-0.15, -0.1) is 0 Å². The summed E-state index contributed by atoms with van der Waals surface area (Å²) in [6.45, 7) is 19.8. The topological polar surface area (TPSA) is 216 Å². The Labute approximate surface area is 457 Å². The van der Waals surface area contributed by atoms with Gasteiger partial charge in [-0.1, -0.05) is 47.8 Å². The van der Waals surface area contributed by atoms with E-state index in [0.717, 1.165) is 36.8 Å². The number of aliphatic hydroxyl groups excluding tert-OH is 2. The summed E-state index contributed by atoms with van der Waals surface area (Å²) in [6, 6.07) is 0. The van der Waals surface area contributed by atoms with E-state index in [4.69, 9.17) is 71.1 Å². The molecule has 0 aliphatic carbocycles. The largest absolute Gasteiger partial charge is 0.459 e. The second-order valence-electron chi connectivity index (χ2n) is 27.1. The molecular weight excluding hydrogens is 1010 g/mol. The van der Waals surface area contributed by atoms with Gasteiger partial charge in [-0.25, -0.2) is 0 Å². The first-order valence-electron chi connectivity index (χ1n) is 30.4. The van der Waals surface area contributed by atoms with Gasteiger partial charge in [0.25, 0.3) is 0 Å². The van der Waals surface area contributed by atoms with Crippen LogP contribution in [0.2, 0.25) is 0 Å². The van der Waals surface area contributed by atoms with E-state index in [-0.39, 0.29) is 110 Å². The number of hydrogen-bond acceptors (Lipinski definition) is 19. The molecule has 16 fully saturated rings. The fraction of sp³-hybridized carbons (Fsp3) is 0.915. The maximum atomic E-state index is 14.6. The highest BCUT2D eigenvalue weighted by molar-refractivity contribution is 5.70. The molecule has 16 rings (SSSR count). The molecule has 19 heteroatoms. The lowest BCUT2D eigenvalue weighted by Crippen LogP contribution is -2.63. The SMILES string of the molecule is C=C1C[C@@H]2CC[C@]34O[C@H]5[C@H]6OC(CC[C@@H]6OC6[C@H]5OC(O)([C@H]3O)[C@H]6O4)CC(=O)O[C@@H]3[C@@H](C)[C@@H]4O[C@@H]5C[C@]6(C[C@@H]7O[C@]8(C[C@H](C)[C@@H]9O[C@H](CC)[C@H](O)C[C@@H]9O8)C[C@H](C)[C@@H]7O6)OC5C[C@@H]4O[C@H]3CC3O[C@@H](CCC1O2)C[C@@H](C)C3=C. The van der Waals surface area contributed by atoms with E-state index < -0.39 is 102 Å². The molecule has 0 saturated carbocycles. The van der Waals surface area contributed by atoms with Gasteiger partial charge in [-0.3, -0.25) is 4.79 Å². The lowest BCUT2D eigenvalue weighted by molar-refractivity contribution is -0.371. The third kappa shape index (κ3) is 8.45. The van der Waals surface area contributed by atoms with Crippen LogP contribution in [0.15, 0.2) is 24.3 Å². The summed E-state index contributed by atoms with van der Waals surface area (Å²) in [7, 11) is 0. The van der Waals surface area contributed by atoms with Crippen LogP contribution in [0.5, 0.6) is 0 Å². The van der Waals surface area contributed by atoms with Gasteiger partial charge in [0.1, 0.15) is 36.6 Å². The van der Waals surface area contributed by atoms with E-state index in [9.17, 15) is 20.1 Å². The maximum absolute atomic E-state index is 14.6. The quantitative estimate of drug-likeness (QED) is 0.236. The molecule has 6 unspecified atom stereocenters. The number of carbonyl (C=O) groups excluding carboxylic acids is 1. The van der Waals surface area contributed by atoms with Gasteiger partial charge in [0.05, 0.1) is 110 Å². The predicted molar refractivity (Wildman–Crippen MR) is 269 cm³/mol. The van der Waals surface area contributed by atoms with Crippen LogP contribution in [-0.4, -0.2) is 191 Å². The average Bonchev–Trinajstić information content (AvgIpc) is 3.79. The highest BCUT2D eigenvalue weighted by Crippen LogP contribution is 2.59. The lowest BCUT2D eigenvalue weighted by atomic mass is 9.78. The molecule has 32 atom stereocenters. The van der Waals surface area contributed by atoms with Crippen molar-refractivity contribution in [2.75, 3.05) is 0 Å². The fourth-order valence-electron chi connectivity index (χ4n) is 18.0. The van der Waals surface area contributed by atoms with Crippen LogP contribution in [0.3, 0.4) is 0 Å². The molecule has 16 heterocycles. The Hall–Kier alpha value is -1.73. The van der Waals surface area contributed by atoms with Crippen LogP contribution in [0.4, 0.5) is 0 Å². The Balaban J connectivity index is 0.674. The Kier molecular flexibility index (Phi) is 13.0. The first-order chi connectivity index (χ1) is 37.4. The summed E-state index contributed by atoms with van der Waals surface area (Å²) >= 11 is 0. The zero-order chi connectivity index (χ0) is 53.5. The van der Waals surface area contributed by atoms with Gasteiger partial charge in [0.2, 0.25) is 11.6 Å². The molecule has 0 amide bonds. The zero-order valence-electron chi connectivity index (χ0n) is 46.0. The van der Waals surface area contributed by atoms with Crippen molar-refractivity contribution in [3.63, 3.8) is 0 Å². The van der Waals surface area contributed by atoms with Crippen molar-refractivity contribution < 1.29 is 91.2 Å². The molecule has 0 aromatic rings. The number of fused-ring (bicyclic) bond motifs is 10. The Bertz CT molecular complexity index is 2360. The van der Waals surface area contributed by atoms with E-state index in [1.54, 1.807) is 0 Å². The minimum atomic E-state index is -2.02. The predicted octanol–water partition coefficient (Wildman–Crippen LogP) is 4.88. The summed E-state index contributed by atoms with van der Waals surface area (Å²) < 4.78 is 102. The van der Waals surface area contributed by atoms with Gasteiger partial charge >= 0.3 is 5.97 Å². The van der Waals surface area contributed by atoms with Gasteiger partial charge in [-0.2, -0.15) is 0 Å². The van der Waals surface area contributed by atoms with E-state index in [1.807, 2.05) is 0 Å². The van der Waals surface area contributed by atoms with Crippen molar-refractivity contribution in [2.45, 2.75) is 313 Å². The smallest absolute Gasteiger partial charge is 0.308 e. The third-order valence-corrected chi connectivity index (χ3v) is 21.9. The molecule has 0 radical (unpaired) electrons. The van der Waals surface area contributed by atoms with Crippen LogP contribution in [0.1, 0.15) is 144 Å². The Morgan fingerprint density at radius 1 is 0.538 bits per heavy atom. The third-order valence-electron chi connectivity index (χ3n) is 21.9. The van der Waals surface area contributed by atoms with Crippen molar-refractivity contribution in [3.05, 3.63) is 24.3 Å². The first-order valence-corrected chi connectivity index (χ1v) is 30.4. The summed E-state index contributed by atoms with van der Waals surface area (Å²) in [5.74, 6) is -5.50. The van der Waals surface area contributed by atoms with Crippen LogP contribution in [0, 0.1) is 23.7 Å². The van der Waals surface area contributed by atoms with Gasteiger partial charge < -0.3 is 86.4 Å². The van der Waals surface area contributed by atoms with Crippen LogP contribution < -0.4 is 0 Å². The molecule has 3 spiro atoms. The monoisotopic (exact) mass is 1100 g/mol.